The lowest BCUT2D eigenvalue weighted by molar-refractivity contribution is -0.116. The summed E-state index contributed by atoms with van der Waals surface area (Å²) >= 11 is 0. The van der Waals surface area contributed by atoms with Gasteiger partial charge in [-0.15, -0.1) is 12.3 Å². The van der Waals surface area contributed by atoms with Crippen LogP contribution in [0.5, 0.6) is 0 Å². The number of hydrogen-bond acceptors (Lipinski definition) is 3. The molecule has 0 unspecified atom stereocenters. The largest absolute Gasteiger partial charge is 0.357 e. The van der Waals surface area contributed by atoms with Crippen molar-refractivity contribution in [3.05, 3.63) is 18.3 Å². The van der Waals surface area contributed by atoms with Crippen molar-refractivity contribution in [3.8, 4) is 12.3 Å². The first-order valence-corrected chi connectivity index (χ1v) is 6.24. The average molecular weight is 243 g/mol. The second-order valence-electron chi connectivity index (χ2n) is 4.35. The molecule has 1 fully saturated rings. The molecule has 1 saturated heterocycles. The van der Waals surface area contributed by atoms with Gasteiger partial charge >= 0.3 is 0 Å². The van der Waals surface area contributed by atoms with E-state index in [1.165, 1.54) is 12.8 Å². The number of aromatic nitrogens is 1. The maximum Gasteiger partial charge on any atom is 0.225 e. The number of pyridine rings is 1. The highest BCUT2D eigenvalue weighted by Crippen LogP contribution is 2.19. The van der Waals surface area contributed by atoms with Gasteiger partial charge in [0.1, 0.15) is 5.82 Å². The third kappa shape index (κ3) is 3.24. The minimum atomic E-state index is -0.0660. The number of rotatable bonds is 4. The average Bonchev–Trinajstić information content (AvgIpc) is 2.91. The van der Waals surface area contributed by atoms with Crippen molar-refractivity contribution in [3.63, 3.8) is 0 Å². The van der Waals surface area contributed by atoms with E-state index in [1.807, 2.05) is 12.1 Å². The summed E-state index contributed by atoms with van der Waals surface area (Å²) in [5.41, 5.74) is 0.722. The Balaban J connectivity index is 1.91. The molecule has 0 atom stereocenters. The molecule has 4 heteroatoms. The summed E-state index contributed by atoms with van der Waals surface area (Å²) in [5.74, 6) is 3.36. The molecule has 0 saturated carbocycles. The first-order valence-electron chi connectivity index (χ1n) is 6.24. The Kier molecular flexibility index (Phi) is 4.19. The van der Waals surface area contributed by atoms with Crippen LogP contribution < -0.4 is 10.2 Å². The molecular weight excluding hydrogens is 226 g/mol. The quantitative estimate of drug-likeness (QED) is 0.823. The third-order valence-corrected chi connectivity index (χ3v) is 2.96. The maximum absolute atomic E-state index is 11.5. The zero-order valence-electron chi connectivity index (χ0n) is 10.4. The van der Waals surface area contributed by atoms with Crippen LogP contribution >= 0.6 is 0 Å². The molecule has 18 heavy (non-hydrogen) atoms. The lowest BCUT2D eigenvalue weighted by Gasteiger charge is -2.16. The van der Waals surface area contributed by atoms with Gasteiger partial charge in [0, 0.05) is 25.9 Å². The zero-order chi connectivity index (χ0) is 12.8. The van der Waals surface area contributed by atoms with Crippen molar-refractivity contribution in [1.29, 1.82) is 0 Å². The molecule has 94 valence electrons. The van der Waals surface area contributed by atoms with Crippen molar-refractivity contribution in [2.24, 2.45) is 0 Å². The number of terminal acetylenes is 1. The molecule has 1 N–H and O–H groups in total. The van der Waals surface area contributed by atoms with Crippen molar-refractivity contribution >= 4 is 17.4 Å². The molecule has 0 aromatic carbocycles. The first kappa shape index (κ1) is 12.4. The van der Waals surface area contributed by atoms with E-state index < -0.39 is 0 Å². The van der Waals surface area contributed by atoms with Gasteiger partial charge in [-0.3, -0.25) is 4.79 Å². The summed E-state index contributed by atoms with van der Waals surface area (Å²) in [4.78, 5) is 18.1. The fourth-order valence-corrected chi connectivity index (χ4v) is 2.00. The molecule has 0 spiro atoms. The molecule has 2 rings (SSSR count). The Hall–Kier alpha value is -2.02. The number of nitrogens with zero attached hydrogens (tertiary/aromatic N) is 2. The van der Waals surface area contributed by atoms with Gasteiger partial charge < -0.3 is 10.2 Å². The molecular formula is C14H17N3O. The van der Waals surface area contributed by atoms with Crippen LogP contribution in [0.25, 0.3) is 0 Å². The number of hydrogen-bond donors (Lipinski definition) is 1. The summed E-state index contributed by atoms with van der Waals surface area (Å²) in [6, 6.07) is 3.83. The van der Waals surface area contributed by atoms with E-state index in [1.54, 1.807) is 6.20 Å². The Morgan fingerprint density at radius 2 is 2.22 bits per heavy atom. The lowest BCUT2D eigenvalue weighted by atomic mass is 10.3. The standard InChI is InChI=1S/C14H17N3O/c1-2-3-6-14(18)16-12-7-8-13(15-11-12)17-9-4-5-10-17/h1,7-8,11H,3-6,9-10H2,(H,16,18). The van der Waals surface area contributed by atoms with E-state index in [4.69, 9.17) is 6.42 Å². The molecule has 1 aromatic heterocycles. The van der Waals surface area contributed by atoms with Gasteiger partial charge in [0.25, 0.3) is 0 Å². The Bertz CT molecular complexity index is 441. The zero-order valence-corrected chi connectivity index (χ0v) is 10.4. The number of amides is 1. The summed E-state index contributed by atoms with van der Waals surface area (Å²) < 4.78 is 0. The van der Waals surface area contributed by atoms with E-state index in [0.29, 0.717) is 12.8 Å². The molecule has 1 amide bonds. The minimum Gasteiger partial charge on any atom is -0.357 e. The highest BCUT2D eigenvalue weighted by Gasteiger charge is 2.13. The van der Waals surface area contributed by atoms with Crippen molar-refractivity contribution in [1.82, 2.24) is 4.98 Å². The molecule has 1 aromatic rings. The summed E-state index contributed by atoms with van der Waals surface area (Å²) in [6.07, 6.45) is 10.1. The van der Waals surface area contributed by atoms with Crippen LogP contribution in [0.1, 0.15) is 25.7 Å². The summed E-state index contributed by atoms with van der Waals surface area (Å²) in [6.45, 7) is 2.14. The monoisotopic (exact) mass is 243 g/mol. The van der Waals surface area contributed by atoms with Crippen LogP contribution in [-0.2, 0) is 4.79 Å². The van der Waals surface area contributed by atoms with Gasteiger partial charge in [-0.1, -0.05) is 0 Å². The molecule has 4 nitrogen and oxygen atoms in total. The van der Waals surface area contributed by atoms with E-state index >= 15 is 0 Å². The first-order chi connectivity index (χ1) is 8.79. The van der Waals surface area contributed by atoms with E-state index in [9.17, 15) is 4.79 Å². The number of carbonyl (C=O) groups excluding carboxylic acids is 1. The normalized spacial score (nSPS) is 14.3. The van der Waals surface area contributed by atoms with Crippen LogP contribution in [0.2, 0.25) is 0 Å². The topological polar surface area (TPSA) is 45.2 Å². The molecule has 0 radical (unpaired) electrons. The summed E-state index contributed by atoms with van der Waals surface area (Å²) in [7, 11) is 0. The number of nitrogens with one attached hydrogen (secondary N) is 1. The second-order valence-corrected chi connectivity index (χ2v) is 4.35. The SMILES string of the molecule is C#CCCC(=O)Nc1ccc(N2CCCC2)nc1. The van der Waals surface area contributed by atoms with E-state index in [2.05, 4.69) is 21.1 Å². The predicted octanol–water partition coefficient (Wildman–Crippen LogP) is 2.03. The minimum absolute atomic E-state index is 0.0660. The fraction of sp³-hybridized carbons (Fsp3) is 0.429. The Labute approximate surface area is 107 Å². The van der Waals surface area contributed by atoms with Crippen LogP contribution in [0.4, 0.5) is 11.5 Å². The third-order valence-electron chi connectivity index (χ3n) is 2.96. The van der Waals surface area contributed by atoms with Gasteiger partial charge in [-0.05, 0) is 25.0 Å². The maximum atomic E-state index is 11.5. The van der Waals surface area contributed by atoms with Crippen LogP contribution in [-0.4, -0.2) is 24.0 Å². The highest BCUT2D eigenvalue weighted by molar-refractivity contribution is 5.90. The predicted molar refractivity (Wildman–Crippen MR) is 72.4 cm³/mol. The van der Waals surface area contributed by atoms with Crippen LogP contribution in [0, 0.1) is 12.3 Å². The van der Waals surface area contributed by atoms with Gasteiger partial charge in [-0.25, -0.2) is 4.98 Å². The molecule has 2 heterocycles. The van der Waals surface area contributed by atoms with Gasteiger partial charge in [0.2, 0.25) is 5.91 Å². The molecule has 1 aliphatic rings. The molecule has 1 aliphatic heterocycles. The Morgan fingerprint density at radius 3 is 2.83 bits per heavy atom. The van der Waals surface area contributed by atoms with Gasteiger partial charge in [0.15, 0.2) is 0 Å². The van der Waals surface area contributed by atoms with Crippen molar-refractivity contribution < 1.29 is 4.79 Å². The lowest BCUT2D eigenvalue weighted by Crippen LogP contribution is -2.19. The van der Waals surface area contributed by atoms with Crippen molar-refractivity contribution in [2.75, 3.05) is 23.3 Å². The van der Waals surface area contributed by atoms with Crippen molar-refractivity contribution in [2.45, 2.75) is 25.7 Å². The van der Waals surface area contributed by atoms with E-state index in [-0.39, 0.29) is 5.91 Å². The molecule has 0 bridgehead atoms. The summed E-state index contributed by atoms with van der Waals surface area (Å²) in [5, 5.41) is 2.78. The second kappa shape index (κ2) is 6.06. The van der Waals surface area contributed by atoms with Gasteiger partial charge in [0.05, 0.1) is 11.9 Å². The van der Waals surface area contributed by atoms with Gasteiger partial charge in [-0.2, -0.15) is 0 Å². The smallest absolute Gasteiger partial charge is 0.225 e. The fourth-order valence-electron chi connectivity index (χ4n) is 2.00. The Morgan fingerprint density at radius 1 is 1.44 bits per heavy atom. The highest BCUT2D eigenvalue weighted by atomic mass is 16.1. The van der Waals surface area contributed by atoms with Crippen LogP contribution in [0.15, 0.2) is 18.3 Å². The van der Waals surface area contributed by atoms with E-state index in [0.717, 1.165) is 24.6 Å². The molecule has 0 aliphatic carbocycles. The van der Waals surface area contributed by atoms with Crippen LogP contribution in [0.3, 0.4) is 0 Å². The number of carbonyl (C=O) groups is 1. The number of anilines is 2.